The Morgan fingerprint density at radius 2 is 1.79 bits per heavy atom. The average Bonchev–Trinajstić information content (AvgIpc) is 2.73. The Morgan fingerprint density at radius 3 is 2.48 bits per heavy atom. The molecule has 2 amide bonds. The number of amides is 2. The van der Waals surface area contributed by atoms with Crippen LogP contribution in [-0.4, -0.2) is 37.5 Å². The van der Waals surface area contributed by atoms with Crippen LogP contribution in [0.15, 0.2) is 48.5 Å². The van der Waals surface area contributed by atoms with Gasteiger partial charge in [-0.1, -0.05) is 18.2 Å². The maximum absolute atomic E-state index is 12.9. The van der Waals surface area contributed by atoms with Gasteiger partial charge in [0.2, 0.25) is 11.8 Å². The van der Waals surface area contributed by atoms with Crippen molar-refractivity contribution >= 4 is 29.2 Å². The van der Waals surface area contributed by atoms with Crippen molar-refractivity contribution in [1.82, 2.24) is 0 Å². The Hall–Kier alpha value is -3.15. The molecule has 29 heavy (non-hydrogen) atoms. The van der Waals surface area contributed by atoms with Crippen LogP contribution < -0.4 is 9.80 Å². The van der Waals surface area contributed by atoms with Crippen LogP contribution in [0.2, 0.25) is 0 Å². The first-order chi connectivity index (χ1) is 14.0. The van der Waals surface area contributed by atoms with Gasteiger partial charge in [0.1, 0.15) is 0 Å². The molecule has 0 saturated carbocycles. The molecule has 3 rings (SSSR count). The highest BCUT2D eigenvalue weighted by molar-refractivity contribution is 5.97. The van der Waals surface area contributed by atoms with Gasteiger partial charge in [-0.05, 0) is 55.7 Å². The quantitative estimate of drug-likeness (QED) is 0.703. The molecule has 0 aliphatic carbocycles. The minimum absolute atomic E-state index is 0.00606. The van der Waals surface area contributed by atoms with E-state index < -0.39 is 5.97 Å². The maximum Gasteiger partial charge on any atom is 0.338 e. The molecule has 0 fully saturated rings. The summed E-state index contributed by atoms with van der Waals surface area (Å²) < 4.78 is 4.98. The standard InChI is InChI=1S/C23H26N2O4/c1-3-29-23(28)19-10-12-20(13-11-19)24(17(2)26)16-14-22(27)25-15-6-8-18-7-4-5-9-21(18)25/h4-5,7,9-13H,3,6,8,14-16H2,1-2H3. The summed E-state index contributed by atoms with van der Waals surface area (Å²) in [5.74, 6) is -0.542. The van der Waals surface area contributed by atoms with Crippen LogP contribution in [0.3, 0.4) is 0 Å². The number of nitrogens with zero attached hydrogens (tertiary/aromatic N) is 2. The number of rotatable bonds is 6. The summed E-state index contributed by atoms with van der Waals surface area (Å²) in [6.45, 7) is 4.51. The molecule has 152 valence electrons. The largest absolute Gasteiger partial charge is 0.462 e. The monoisotopic (exact) mass is 394 g/mol. The highest BCUT2D eigenvalue weighted by Gasteiger charge is 2.23. The number of esters is 1. The fraction of sp³-hybridized carbons (Fsp3) is 0.348. The van der Waals surface area contributed by atoms with E-state index in [4.69, 9.17) is 4.74 Å². The van der Waals surface area contributed by atoms with E-state index in [9.17, 15) is 14.4 Å². The summed E-state index contributed by atoms with van der Waals surface area (Å²) in [6.07, 6.45) is 2.15. The lowest BCUT2D eigenvalue weighted by Crippen LogP contribution is -2.38. The second kappa shape index (κ2) is 9.37. The third kappa shape index (κ3) is 4.83. The summed E-state index contributed by atoms with van der Waals surface area (Å²) in [4.78, 5) is 40.2. The van der Waals surface area contributed by atoms with E-state index in [1.807, 2.05) is 23.1 Å². The fourth-order valence-electron chi connectivity index (χ4n) is 3.60. The molecule has 1 aliphatic heterocycles. The van der Waals surface area contributed by atoms with E-state index in [-0.39, 0.29) is 24.8 Å². The van der Waals surface area contributed by atoms with Gasteiger partial charge in [0, 0.05) is 37.8 Å². The normalized spacial score (nSPS) is 12.8. The summed E-state index contributed by atoms with van der Waals surface area (Å²) in [5, 5.41) is 0. The average molecular weight is 394 g/mol. The van der Waals surface area contributed by atoms with Crippen LogP contribution in [0.1, 0.15) is 42.6 Å². The molecule has 0 atom stereocenters. The van der Waals surface area contributed by atoms with Gasteiger partial charge in [0.25, 0.3) is 0 Å². The van der Waals surface area contributed by atoms with Gasteiger partial charge in [0.05, 0.1) is 12.2 Å². The number of ether oxygens (including phenoxy) is 1. The second-order valence-electron chi connectivity index (χ2n) is 6.97. The first kappa shape index (κ1) is 20.6. The zero-order chi connectivity index (χ0) is 20.8. The highest BCUT2D eigenvalue weighted by Crippen LogP contribution is 2.27. The van der Waals surface area contributed by atoms with Crippen molar-refractivity contribution in [1.29, 1.82) is 0 Å². The molecule has 2 aromatic carbocycles. The third-order valence-electron chi connectivity index (χ3n) is 5.03. The number of hydrogen-bond donors (Lipinski definition) is 0. The van der Waals surface area contributed by atoms with Gasteiger partial charge in [-0.2, -0.15) is 0 Å². The van der Waals surface area contributed by atoms with Crippen molar-refractivity contribution in [3.8, 4) is 0 Å². The molecule has 0 spiro atoms. The topological polar surface area (TPSA) is 66.9 Å². The molecule has 0 bridgehead atoms. The molecule has 1 aliphatic rings. The number of para-hydroxylation sites is 1. The molecule has 0 radical (unpaired) electrons. The van der Waals surface area contributed by atoms with Crippen LogP contribution in [0, 0.1) is 0 Å². The highest BCUT2D eigenvalue weighted by atomic mass is 16.5. The minimum atomic E-state index is -0.396. The van der Waals surface area contributed by atoms with E-state index in [1.165, 1.54) is 12.5 Å². The van der Waals surface area contributed by atoms with Crippen molar-refractivity contribution in [2.24, 2.45) is 0 Å². The van der Waals surface area contributed by atoms with Crippen LogP contribution in [0.4, 0.5) is 11.4 Å². The van der Waals surface area contributed by atoms with Crippen molar-refractivity contribution in [3.63, 3.8) is 0 Å². The Balaban J connectivity index is 1.68. The molecule has 0 aromatic heterocycles. The van der Waals surface area contributed by atoms with E-state index in [0.717, 1.165) is 18.5 Å². The number of fused-ring (bicyclic) bond motifs is 1. The number of benzene rings is 2. The molecule has 0 unspecified atom stereocenters. The van der Waals surface area contributed by atoms with Crippen LogP contribution in [0.5, 0.6) is 0 Å². The van der Waals surface area contributed by atoms with Gasteiger partial charge in [-0.25, -0.2) is 4.79 Å². The zero-order valence-corrected chi connectivity index (χ0v) is 16.9. The van der Waals surface area contributed by atoms with Crippen molar-refractivity contribution in [3.05, 3.63) is 59.7 Å². The number of carbonyl (C=O) groups is 3. The number of aryl methyl sites for hydroxylation is 1. The zero-order valence-electron chi connectivity index (χ0n) is 16.9. The molecular weight excluding hydrogens is 368 g/mol. The van der Waals surface area contributed by atoms with Gasteiger partial charge in [0.15, 0.2) is 0 Å². The Kier molecular flexibility index (Phi) is 6.65. The minimum Gasteiger partial charge on any atom is -0.462 e. The van der Waals surface area contributed by atoms with E-state index in [1.54, 1.807) is 36.1 Å². The third-order valence-corrected chi connectivity index (χ3v) is 5.03. The fourth-order valence-corrected chi connectivity index (χ4v) is 3.60. The molecule has 1 heterocycles. The molecule has 0 saturated heterocycles. The molecule has 2 aromatic rings. The summed E-state index contributed by atoms with van der Waals surface area (Å²) in [7, 11) is 0. The Labute approximate surface area is 171 Å². The summed E-state index contributed by atoms with van der Waals surface area (Å²) >= 11 is 0. The van der Waals surface area contributed by atoms with Crippen LogP contribution in [0.25, 0.3) is 0 Å². The number of hydrogen-bond acceptors (Lipinski definition) is 4. The summed E-state index contributed by atoms with van der Waals surface area (Å²) in [6, 6.07) is 14.6. The van der Waals surface area contributed by atoms with E-state index in [0.29, 0.717) is 24.4 Å². The summed E-state index contributed by atoms with van der Waals surface area (Å²) in [5.41, 5.74) is 3.24. The lowest BCUT2D eigenvalue weighted by atomic mass is 10.0. The van der Waals surface area contributed by atoms with Crippen molar-refractivity contribution in [2.75, 3.05) is 29.5 Å². The van der Waals surface area contributed by atoms with Crippen LogP contribution >= 0.6 is 0 Å². The second-order valence-corrected chi connectivity index (χ2v) is 6.97. The van der Waals surface area contributed by atoms with Crippen molar-refractivity contribution in [2.45, 2.75) is 33.1 Å². The SMILES string of the molecule is CCOC(=O)c1ccc(N(CCC(=O)N2CCCc3ccccc32)C(C)=O)cc1. The van der Waals surface area contributed by atoms with Gasteiger partial charge < -0.3 is 14.5 Å². The van der Waals surface area contributed by atoms with Crippen LogP contribution in [-0.2, 0) is 20.7 Å². The van der Waals surface area contributed by atoms with Gasteiger partial charge in [-0.15, -0.1) is 0 Å². The first-order valence-electron chi connectivity index (χ1n) is 9.94. The smallest absolute Gasteiger partial charge is 0.338 e. The van der Waals surface area contributed by atoms with Gasteiger partial charge in [-0.3, -0.25) is 9.59 Å². The maximum atomic E-state index is 12.9. The van der Waals surface area contributed by atoms with E-state index in [2.05, 4.69) is 6.07 Å². The number of carbonyl (C=O) groups excluding carboxylic acids is 3. The molecular formula is C23H26N2O4. The van der Waals surface area contributed by atoms with Crippen molar-refractivity contribution < 1.29 is 19.1 Å². The molecule has 6 nitrogen and oxygen atoms in total. The van der Waals surface area contributed by atoms with Gasteiger partial charge >= 0.3 is 5.97 Å². The Bertz CT molecular complexity index is 892. The predicted octanol–water partition coefficient (Wildman–Crippen LogP) is 3.59. The molecule has 6 heteroatoms. The lowest BCUT2D eigenvalue weighted by molar-refractivity contribution is -0.118. The lowest BCUT2D eigenvalue weighted by Gasteiger charge is -2.30. The Morgan fingerprint density at radius 1 is 1.07 bits per heavy atom. The molecule has 0 N–H and O–H groups in total. The first-order valence-corrected chi connectivity index (χ1v) is 9.94. The predicted molar refractivity (Wildman–Crippen MR) is 112 cm³/mol. The van der Waals surface area contributed by atoms with E-state index >= 15 is 0 Å². The number of anilines is 2.